The van der Waals surface area contributed by atoms with Crippen molar-refractivity contribution in [2.24, 2.45) is 5.92 Å². The topological polar surface area (TPSA) is 98.8 Å². The van der Waals surface area contributed by atoms with Gasteiger partial charge in [-0.3, -0.25) is 9.59 Å². The number of amides is 2. The maximum Gasteiger partial charge on any atom is 0.243 e. The standard InChI is InChI=1S/C20H32N4O4S/c1-15-6-5-11-24(12-15)13-16(2)21-20(26)14-23(4)29(27,28)19-9-7-18(8-10-19)22-17(3)25/h7-10,15-16H,5-6,11-14H2,1-4H3,(H,21,26)(H,22,25). The number of rotatable bonds is 8. The molecule has 1 aliphatic heterocycles. The maximum absolute atomic E-state index is 12.7. The molecule has 2 amide bonds. The van der Waals surface area contributed by atoms with Crippen molar-refractivity contribution >= 4 is 27.5 Å². The van der Waals surface area contributed by atoms with Gasteiger partial charge in [0.15, 0.2) is 0 Å². The van der Waals surface area contributed by atoms with E-state index in [0.29, 0.717) is 11.6 Å². The Morgan fingerprint density at radius 1 is 1.28 bits per heavy atom. The highest BCUT2D eigenvalue weighted by Crippen LogP contribution is 2.18. The number of hydrogen-bond acceptors (Lipinski definition) is 5. The summed E-state index contributed by atoms with van der Waals surface area (Å²) in [5, 5.41) is 5.48. The van der Waals surface area contributed by atoms with Crippen LogP contribution in [0.3, 0.4) is 0 Å². The second kappa shape index (κ2) is 10.2. The van der Waals surface area contributed by atoms with Crippen LogP contribution in [0.25, 0.3) is 0 Å². The van der Waals surface area contributed by atoms with Crippen LogP contribution >= 0.6 is 0 Å². The molecule has 1 aromatic rings. The maximum atomic E-state index is 12.7. The molecule has 162 valence electrons. The zero-order valence-corrected chi connectivity index (χ0v) is 18.5. The summed E-state index contributed by atoms with van der Waals surface area (Å²) in [5.74, 6) is 0.103. The number of likely N-dealkylation sites (tertiary alicyclic amines) is 1. The van der Waals surface area contributed by atoms with Crippen LogP contribution in [0.4, 0.5) is 5.69 Å². The zero-order chi connectivity index (χ0) is 21.6. The third kappa shape index (κ3) is 7.09. The fourth-order valence-electron chi connectivity index (χ4n) is 3.59. The first-order chi connectivity index (χ1) is 13.6. The minimum Gasteiger partial charge on any atom is -0.351 e. The molecule has 1 heterocycles. The number of likely N-dealkylation sites (N-methyl/N-ethyl adjacent to an activating group) is 1. The molecular formula is C20H32N4O4S. The lowest BCUT2D eigenvalue weighted by Gasteiger charge is -2.33. The molecule has 0 spiro atoms. The first-order valence-corrected chi connectivity index (χ1v) is 11.4. The third-order valence-corrected chi connectivity index (χ3v) is 6.75. The Bertz CT molecular complexity index is 810. The summed E-state index contributed by atoms with van der Waals surface area (Å²) in [6.45, 7) is 8.12. The normalized spacial score (nSPS) is 19.0. The van der Waals surface area contributed by atoms with Crippen molar-refractivity contribution in [2.45, 2.75) is 44.6 Å². The highest BCUT2D eigenvalue weighted by molar-refractivity contribution is 7.89. The number of hydrogen-bond donors (Lipinski definition) is 2. The van der Waals surface area contributed by atoms with Gasteiger partial charge in [0.25, 0.3) is 0 Å². The van der Waals surface area contributed by atoms with Crippen LogP contribution in [-0.4, -0.2) is 68.7 Å². The zero-order valence-electron chi connectivity index (χ0n) is 17.6. The quantitative estimate of drug-likeness (QED) is 0.659. The molecule has 2 N–H and O–H groups in total. The first kappa shape index (κ1) is 23.3. The van der Waals surface area contributed by atoms with Crippen molar-refractivity contribution in [3.05, 3.63) is 24.3 Å². The smallest absolute Gasteiger partial charge is 0.243 e. The van der Waals surface area contributed by atoms with Gasteiger partial charge in [-0.2, -0.15) is 4.31 Å². The molecule has 2 unspecified atom stereocenters. The van der Waals surface area contributed by atoms with Gasteiger partial charge in [-0.15, -0.1) is 0 Å². The van der Waals surface area contributed by atoms with Crippen molar-refractivity contribution in [1.82, 2.24) is 14.5 Å². The van der Waals surface area contributed by atoms with Crippen molar-refractivity contribution in [3.63, 3.8) is 0 Å². The fraction of sp³-hybridized carbons (Fsp3) is 0.600. The minimum atomic E-state index is -3.80. The van der Waals surface area contributed by atoms with Crippen LogP contribution in [0.2, 0.25) is 0 Å². The fourth-order valence-corrected chi connectivity index (χ4v) is 4.71. The molecule has 1 aromatic carbocycles. The highest BCUT2D eigenvalue weighted by Gasteiger charge is 2.24. The molecule has 1 aliphatic rings. The van der Waals surface area contributed by atoms with Gasteiger partial charge in [-0.05, 0) is 56.5 Å². The van der Waals surface area contributed by atoms with Gasteiger partial charge in [0.05, 0.1) is 11.4 Å². The van der Waals surface area contributed by atoms with Gasteiger partial charge in [-0.1, -0.05) is 6.92 Å². The average Bonchev–Trinajstić information content (AvgIpc) is 2.61. The molecule has 0 radical (unpaired) electrons. The molecule has 0 saturated carbocycles. The van der Waals surface area contributed by atoms with Crippen molar-refractivity contribution in [3.8, 4) is 0 Å². The molecule has 0 bridgehead atoms. The van der Waals surface area contributed by atoms with E-state index in [1.807, 2.05) is 6.92 Å². The van der Waals surface area contributed by atoms with E-state index in [1.54, 1.807) is 0 Å². The van der Waals surface area contributed by atoms with E-state index in [-0.39, 0.29) is 29.3 Å². The molecule has 0 aromatic heterocycles. The van der Waals surface area contributed by atoms with E-state index in [2.05, 4.69) is 22.5 Å². The molecule has 2 rings (SSSR count). The Morgan fingerprint density at radius 2 is 1.93 bits per heavy atom. The van der Waals surface area contributed by atoms with Gasteiger partial charge in [0.1, 0.15) is 0 Å². The largest absolute Gasteiger partial charge is 0.351 e. The monoisotopic (exact) mass is 424 g/mol. The van der Waals surface area contributed by atoms with Gasteiger partial charge in [0.2, 0.25) is 21.8 Å². The molecule has 0 aliphatic carbocycles. The first-order valence-electron chi connectivity index (χ1n) is 9.93. The number of piperidine rings is 1. The van der Waals surface area contributed by atoms with Crippen molar-refractivity contribution in [2.75, 3.05) is 38.5 Å². The number of carbonyl (C=O) groups is 2. The van der Waals surface area contributed by atoms with Crippen LogP contribution in [0.5, 0.6) is 0 Å². The number of sulfonamides is 1. The number of anilines is 1. The molecule has 1 fully saturated rings. The van der Waals surface area contributed by atoms with E-state index < -0.39 is 10.0 Å². The SMILES string of the molecule is CC(=O)Nc1ccc(S(=O)(=O)N(C)CC(=O)NC(C)CN2CCCC(C)C2)cc1. The summed E-state index contributed by atoms with van der Waals surface area (Å²) in [6.07, 6.45) is 2.41. The number of nitrogens with zero attached hydrogens (tertiary/aromatic N) is 2. The van der Waals surface area contributed by atoms with E-state index in [1.165, 1.54) is 51.1 Å². The van der Waals surface area contributed by atoms with Crippen molar-refractivity contribution < 1.29 is 18.0 Å². The second-order valence-corrected chi connectivity index (χ2v) is 9.99. The Morgan fingerprint density at radius 3 is 2.52 bits per heavy atom. The predicted octanol–water partition coefficient (Wildman–Crippen LogP) is 1.50. The van der Waals surface area contributed by atoms with E-state index >= 15 is 0 Å². The lowest BCUT2D eigenvalue weighted by atomic mass is 10.00. The van der Waals surface area contributed by atoms with Crippen LogP contribution in [-0.2, 0) is 19.6 Å². The summed E-state index contributed by atoms with van der Waals surface area (Å²) in [4.78, 5) is 25.8. The second-order valence-electron chi connectivity index (χ2n) is 7.94. The molecular weight excluding hydrogens is 392 g/mol. The van der Waals surface area contributed by atoms with Gasteiger partial charge in [-0.25, -0.2) is 8.42 Å². The molecule has 29 heavy (non-hydrogen) atoms. The Kier molecular flexibility index (Phi) is 8.18. The number of carbonyl (C=O) groups excluding carboxylic acids is 2. The highest BCUT2D eigenvalue weighted by atomic mass is 32.2. The third-order valence-electron chi connectivity index (χ3n) is 4.93. The van der Waals surface area contributed by atoms with Gasteiger partial charge < -0.3 is 15.5 Å². The molecule has 9 heteroatoms. The van der Waals surface area contributed by atoms with Crippen molar-refractivity contribution in [1.29, 1.82) is 0 Å². The van der Waals surface area contributed by atoms with E-state index in [9.17, 15) is 18.0 Å². The molecule has 8 nitrogen and oxygen atoms in total. The van der Waals surface area contributed by atoms with Crippen LogP contribution in [0.1, 0.15) is 33.6 Å². The Hall–Kier alpha value is -1.97. The lowest BCUT2D eigenvalue weighted by Crippen LogP contribution is -2.47. The number of nitrogens with one attached hydrogen (secondary N) is 2. The predicted molar refractivity (Wildman–Crippen MR) is 113 cm³/mol. The summed E-state index contributed by atoms with van der Waals surface area (Å²) < 4.78 is 26.4. The summed E-state index contributed by atoms with van der Waals surface area (Å²) in [5.41, 5.74) is 0.512. The van der Waals surface area contributed by atoms with Gasteiger partial charge in [0, 0.05) is 38.8 Å². The summed E-state index contributed by atoms with van der Waals surface area (Å²) in [7, 11) is -2.42. The van der Waals surface area contributed by atoms with E-state index in [0.717, 1.165) is 23.9 Å². The minimum absolute atomic E-state index is 0.0548. The van der Waals surface area contributed by atoms with Crippen LogP contribution < -0.4 is 10.6 Å². The molecule has 1 saturated heterocycles. The lowest BCUT2D eigenvalue weighted by molar-refractivity contribution is -0.121. The van der Waals surface area contributed by atoms with Crippen LogP contribution in [0, 0.1) is 5.92 Å². The summed E-state index contributed by atoms with van der Waals surface area (Å²) in [6, 6.07) is 5.80. The Labute approximate surface area is 173 Å². The summed E-state index contributed by atoms with van der Waals surface area (Å²) >= 11 is 0. The van der Waals surface area contributed by atoms with Crippen LogP contribution in [0.15, 0.2) is 29.2 Å². The van der Waals surface area contributed by atoms with E-state index in [4.69, 9.17) is 0 Å². The molecule has 2 atom stereocenters. The number of benzene rings is 1. The average molecular weight is 425 g/mol. The van der Waals surface area contributed by atoms with Gasteiger partial charge >= 0.3 is 0 Å². The Balaban J connectivity index is 1.89.